The van der Waals surface area contributed by atoms with Gasteiger partial charge in [-0.15, -0.1) is 10.2 Å². The molecule has 0 aliphatic heterocycles. The molecule has 0 unspecified atom stereocenters. The molecule has 5 rings (SSSR count). The van der Waals surface area contributed by atoms with E-state index in [0.717, 1.165) is 5.56 Å². The first-order valence-electron chi connectivity index (χ1n) is 11.0. The summed E-state index contributed by atoms with van der Waals surface area (Å²) in [6.45, 7) is 1.68. The highest BCUT2D eigenvalue weighted by atomic mass is 16.6. The van der Waals surface area contributed by atoms with Crippen molar-refractivity contribution in [1.82, 2.24) is 20.7 Å². The van der Waals surface area contributed by atoms with Gasteiger partial charge < -0.3 is 19.0 Å². The molecule has 0 radical (unpaired) electrons. The second kappa shape index (κ2) is 9.30. The summed E-state index contributed by atoms with van der Waals surface area (Å²) < 4.78 is 16.4. The Morgan fingerprint density at radius 2 is 1.74 bits per heavy atom. The summed E-state index contributed by atoms with van der Waals surface area (Å²) in [4.78, 5) is 24.7. The monoisotopic (exact) mass is 458 g/mol. The summed E-state index contributed by atoms with van der Waals surface area (Å²) in [6, 6.07) is 19.8. The molecule has 1 fully saturated rings. The molecule has 1 aliphatic carbocycles. The van der Waals surface area contributed by atoms with E-state index in [1.807, 2.05) is 36.4 Å². The molecule has 9 heteroatoms. The van der Waals surface area contributed by atoms with E-state index in [1.165, 1.54) is 0 Å². The molecule has 172 valence electrons. The van der Waals surface area contributed by atoms with Crippen molar-refractivity contribution in [1.29, 1.82) is 0 Å². The summed E-state index contributed by atoms with van der Waals surface area (Å²) in [5.41, 5.74) is 1.54. The Balaban J connectivity index is 1.12. The molecule has 2 aromatic carbocycles. The van der Waals surface area contributed by atoms with Crippen LogP contribution in [0.2, 0.25) is 0 Å². The number of hydrogen-bond donors (Lipinski definition) is 1. The van der Waals surface area contributed by atoms with Gasteiger partial charge in [-0.3, -0.25) is 4.79 Å². The lowest BCUT2D eigenvalue weighted by Gasteiger charge is -2.33. The van der Waals surface area contributed by atoms with Gasteiger partial charge in [0.15, 0.2) is 17.6 Å². The molecule has 1 saturated carbocycles. The molecule has 34 heavy (non-hydrogen) atoms. The molecule has 1 atom stereocenters. The van der Waals surface area contributed by atoms with Crippen LogP contribution in [0.3, 0.4) is 0 Å². The maximum Gasteiger partial charge on any atom is 0.338 e. The zero-order chi connectivity index (χ0) is 23.5. The number of hydrogen-bond acceptors (Lipinski definition) is 8. The molecule has 4 aromatic rings. The van der Waals surface area contributed by atoms with Crippen LogP contribution in [0.5, 0.6) is 0 Å². The fraction of sp³-hybridized carbons (Fsp3) is 0.240. The van der Waals surface area contributed by atoms with Crippen LogP contribution in [0.25, 0.3) is 11.3 Å². The number of nitrogens with one attached hydrogen (secondary N) is 1. The molecule has 2 heterocycles. The molecule has 0 bridgehead atoms. The van der Waals surface area contributed by atoms with Crippen LogP contribution in [-0.4, -0.2) is 33.3 Å². The second-order valence-electron chi connectivity index (χ2n) is 8.17. The van der Waals surface area contributed by atoms with Crippen molar-refractivity contribution in [2.75, 3.05) is 0 Å². The number of nitrogens with zero attached hydrogens (tertiary/aromatic N) is 3. The van der Waals surface area contributed by atoms with Crippen LogP contribution in [0.15, 0.2) is 75.7 Å². The summed E-state index contributed by atoms with van der Waals surface area (Å²) in [5.74, 6) is 0.529. The van der Waals surface area contributed by atoms with Gasteiger partial charge in [-0.2, -0.15) is 0 Å². The summed E-state index contributed by atoms with van der Waals surface area (Å²) >= 11 is 0. The minimum absolute atomic E-state index is 0.0285. The van der Waals surface area contributed by atoms with Crippen molar-refractivity contribution < 1.29 is 23.3 Å². The largest absolute Gasteiger partial charge is 0.449 e. The molecule has 9 nitrogen and oxygen atoms in total. The Morgan fingerprint density at radius 3 is 2.47 bits per heavy atom. The highest BCUT2D eigenvalue weighted by molar-refractivity contribution is 5.93. The third-order valence-electron chi connectivity index (χ3n) is 5.72. The Hall–Kier alpha value is -4.27. The quantitative estimate of drug-likeness (QED) is 0.407. The smallest absolute Gasteiger partial charge is 0.338 e. The zero-order valence-corrected chi connectivity index (χ0v) is 18.4. The number of carbonyl (C=O) groups is 2. The van der Waals surface area contributed by atoms with E-state index >= 15 is 0 Å². The van der Waals surface area contributed by atoms with Crippen molar-refractivity contribution in [3.63, 3.8) is 0 Å². The topological polar surface area (TPSA) is 120 Å². The lowest BCUT2D eigenvalue weighted by molar-refractivity contribution is 0.0274. The maximum atomic E-state index is 12.5. The third-order valence-corrected chi connectivity index (χ3v) is 5.72. The van der Waals surface area contributed by atoms with Gasteiger partial charge in [-0.1, -0.05) is 53.7 Å². The van der Waals surface area contributed by atoms with Crippen molar-refractivity contribution in [3.8, 4) is 11.3 Å². The van der Waals surface area contributed by atoms with E-state index in [-0.39, 0.29) is 29.5 Å². The van der Waals surface area contributed by atoms with Crippen molar-refractivity contribution in [2.45, 2.75) is 37.8 Å². The molecule has 0 spiro atoms. The van der Waals surface area contributed by atoms with Crippen molar-refractivity contribution in [3.05, 3.63) is 89.8 Å². The van der Waals surface area contributed by atoms with E-state index in [1.54, 1.807) is 37.3 Å². The summed E-state index contributed by atoms with van der Waals surface area (Å²) in [5, 5.41) is 15.0. The molecule has 1 aliphatic rings. The minimum atomic E-state index is -0.671. The van der Waals surface area contributed by atoms with Crippen LogP contribution in [0, 0.1) is 0 Å². The van der Waals surface area contributed by atoms with Crippen LogP contribution in [-0.2, 0) is 4.74 Å². The van der Waals surface area contributed by atoms with Gasteiger partial charge >= 0.3 is 5.97 Å². The fourth-order valence-electron chi connectivity index (χ4n) is 3.75. The van der Waals surface area contributed by atoms with Gasteiger partial charge in [0.25, 0.3) is 11.8 Å². The summed E-state index contributed by atoms with van der Waals surface area (Å²) in [6.07, 6.45) is 0.652. The average Bonchev–Trinajstić information content (AvgIpc) is 3.52. The Morgan fingerprint density at radius 1 is 1.03 bits per heavy atom. The van der Waals surface area contributed by atoms with Gasteiger partial charge in [0, 0.05) is 23.6 Å². The van der Waals surface area contributed by atoms with Gasteiger partial charge in [0.2, 0.25) is 5.89 Å². The van der Waals surface area contributed by atoms with Crippen molar-refractivity contribution in [2.24, 2.45) is 0 Å². The number of esters is 1. The highest BCUT2D eigenvalue weighted by Crippen LogP contribution is 2.37. The molecule has 1 amide bonds. The van der Waals surface area contributed by atoms with Gasteiger partial charge in [0.1, 0.15) is 0 Å². The highest BCUT2D eigenvalue weighted by Gasteiger charge is 2.36. The number of ether oxygens (including phenoxy) is 1. The minimum Gasteiger partial charge on any atom is -0.449 e. The van der Waals surface area contributed by atoms with Crippen LogP contribution in [0.4, 0.5) is 0 Å². The Kier molecular flexibility index (Phi) is 5.90. The Labute approximate surface area is 195 Å². The van der Waals surface area contributed by atoms with E-state index in [2.05, 4.69) is 20.7 Å². The number of aromatic nitrogens is 3. The normalized spacial score (nSPS) is 18.0. The average molecular weight is 458 g/mol. The number of carbonyl (C=O) groups excluding carboxylic acids is 2. The molecule has 2 aromatic heterocycles. The van der Waals surface area contributed by atoms with Crippen molar-refractivity contribution >= 4 is 11.9 Å². The molecular weight excluding hydrogens is 436 g/mol. The lowest BCUT2D eigenvalue weighted by atomic mass is 9.80. The number of amides is 1. The lowest BCUT2D eigenvalue weighted by Crippen LogP contribution is -2.43. The molecular formula is C25H22N4O5. The van der Waals surface area contributed by atoms with E-state index in [9.17, 15) is 9.59 Å². The summed E-state index contributed by atoms with van der Waals surface area (Å²) in [7, 11) is 0. The zero-order valence-electron chi connectivity index (χ0n) is 18.4. The first kappa shape index (κ1) is 21.6. The predicted molar refractivity (Wildman–Crippen MR) is 120 cm³/mol. The first-order chi connectivity index (χ1) is 16.6. The second-order valence-corrected chi connectivity index (χ2v) is 8.17. The van der Waals surface area contributed by atoms with Gasteiger partial charge in [0.05, 0.1) is 5.56 Å². The third kappa shape index (κ3) is 4.59. The van der Waals surface area contributed by atoms with E-state index in [4.69, 9.17) is 13.7 Å². The first-order valence-corrected chi connectivity index (χ1v) is 11.0. The van der Waals surface area contributed by atoms with E-state index in [0.29, 0.717) is 30.1 Å². The van der Waals surface area contributed by atoms with Gasteiger partial charge in [-0.25, -0.2) is 4.79 Å². The predicted octanol–water partition coefficient (Wildman–Crippen LogP) is 4.32. The van der Waals surface area contributed by atoms with E-state index < -0.39 is 12.1 Å². The van der Waals surface area contributed by atoms with Crippen LogP contribution < -0.4 is 5.32 Å². The standard InChI is InChI=1S/C25H22N4O5/c1-15(32-25(31)17-10-6-3-7-11-17)23-27-28-24(33-23)18-12-19(13-18)26-22(30)20-14-21(34-29-20)16-8-4-2-5-9-16/h2-11,14-15,18-19H,12-13H2,1H3,(H,26,30)/t15-,18-,19-/m1/s1. The molecule has 0 saturated heterocycles. The number of rotatable bonds is 7. The van der Waals surface area contributed by atoms with Gasteiger partial charge in [-0.05, 0) is 31.9 Å². The molecule has 1 N–H and O–H groups in total. The Bertz CT molecular complexity index is 1280. The number of benzene rings is 2. The van der Waals surface area contributed by atoms with Crippen LogP contribution >= 0.6 is 0 Å². The fourth-order valence-corrected chi connectivity index (χ4v) is 3.75. The van der Waals surface area contributed by atoms with Crippen LogP contribution in [0.1, 0.15) is 64.4 Å². The SMILES string of the molecule is C[C@@H](OC(=O)c1ccccc1)c1nnc([C@H]2C[C@H](NC(=O)c3cc(-c4ccccc4)on3)C2)o1. The maximum absolute atomic E-state index is 12.5.